The summed E-state index contributed by atoms with van der Waals surface area (Å²) in [5.74, 6) is 2.33. The molecule has 3 heterocycles. The minimum atomic E-state index is -0.544. The van der Waals surface area contributed by atoms with Gasteiger partial charge in [0, 0.05) is 41.1 Å². The van der Waals surface area contributed by atoms with Crippen LogP contribution in [0.25, 0.3) is 0 Å². The third-order valence-corrected chi connectivity index (χ3v) is 6.81. The Balaban J connectivity index is 1.46. The quantitative estimate of drug-likeness (QED) is 0.312. The van der Waals surface area contributed by atoms with Crippen molar-refractivity contribution in [1.82, 2.24) is 10.2 Å². The molecule has 4 aromatic rings. The zero-order valence-electron chi connectivity index (χ0n) is 20.4. The summed E-state index contributed by atoms with van der Waals surface area (Å²) in [7, 11) is 0. The Morgan fingerprint density at radius 3 is 2.40 bits per heavy atom. The maximum Gasteiger partial charge on any atom is 0.253 e. The van der Waals surface area contributed by atoms with E-state index in [-0.39, 0.29) is 22.8 Å². The molecule has 0 fully saturated rings. The van der Waals surface area contributed by atoms with Crippen LogP contribution in [0.5, 0.6) is 0 Å². The maximum absolute atomic E-state index is 12.6. The van der Waals surface area contributed by atoms with Gasteiger partial charge in [-0.05, 0) is 49.1 Å². The lowest BCUT2D eigenvalue weighted by atomic mass is 9.85. The second-order valence-electron chi connectivity index (χ2n) is 10.2. The fourth-order valence-corrected chi connectivity index (χ4v) is 4.79. The fraction of sp³-hybridized carbons (Fsp3) is 0.346. The lowest BCUT2D eigenvalue weighted by molar-refractivity contribution is 0.300. The number of furan rings is 1. The number of aromatic nitrogens is 2. The highest BCUT2D eigenvalue weighted by atomic mass is 35.5. The Bertz CT molecular complexity index is 1490. The molecule has 0 amide bonds. The number of halogens is 1. The van der Waals surface area contributed by atoms with Gasteiger partial charge < -0.3 is 20.0 Å². The van der Waals surface area contributed by atoms with Gasteiger partial charge in [-0.2, -0.15) is 5.10 Å². The standard InChI is InChI=1S/C26H28ClN5O3/c1-13-10-20(31-30-13)32-11-15-16(12-32)18(8-7-17(15)27)28-21-22(24(34)23(21)33)29-25(26(3,4)5)19-9-6-14(2)35-19/h6-10,25,28-29H,11-12H2,1-5H3,(H,30,31)/t25-/m0/s1. The summed E-state index contributed by atoms with van der Waals surface area (Å²) in [5, 5.41) is 14.5. The van der Waals surface area contributed by atoms with Crippen LogP contribution in [-0.4, -0.2) is 10.2 Å². The third kappa shape index (κ3) is 4.12. The first-order valence-corrected chi connectivity index (χ1v) is 11.9. The molecule has 35 heavy (non-hydrogen) atoms. The predicted octanol–water partition coefficient (Wildman–Crippen LogP) is 5.33. The van der Waals surface area contributed by atoms with Crippen molar-refractivity contribution >= 4 is 34.5 Å². The maximum atomic E-state index is 12.6. The number of anilines is 4. The van der Waals surface area contributed by atoms with Gasteiger partial charge in [0.15, 0.2) is 5.82 Å². The predicted molar refractivity (Wildman–Crippen MR) is 139 cm³/mol. The number of benzene rings is 1. The molecule has 2 aromatic carbocycles. The van der Waals surface area contributed by atoms with Crippen molar-refractivity contribution in [3.05, 3.63) is 84.1 Å². The average molecular weight is 494 g/mol. The number of rotatable bonds is 6. The summed E-state index contributed by atoms with van der Waals surface area (Å²) in [5.41, 5.74) is 2.84. The van der Waals surface area contributed by atoms with Crippen molar-refractivity contribution in [3.8, 4) is 0 Å². The summed E-state index contributed by atoms with van der Waals surface area (Å²) >= 11 is 6.51. The topological polar surface area (TPSA) is 103 Å². The van der Waals surface area contributed by atoms with Crippen LogP contribution >= 0.6 is 11.6 Å². The molecular formula is C26H28ClN5O3. The molecule has 2 aromatic heterocycles. The van der Waals surface area contributed by atoms with E-state index >= 15 is 0 Å². The van der Waals surface area contributed by atoms with E-state index in [0.717, 1.165) is 34.1 Å². The second-order valence-corrected chi connectivity index (χ2v) is 10.6. The normalized spacial score (nSPS) is 14.4. The van der Waals surface area contributed by atoms with Crippen molar-refractivity contribution in [3.63, 3.8) is 0 Å². The summed E-state index contributed by atoms with van der Waals surface area (Å²) in [4.78, 5) is 27.3. The van der Waals surface area contributed by atoms with E-state index in [2.05, 4.69) is 46.5 Å². The lowest BCUT2D eigenvalue weighted by Crippen LogP contribution is -2.39. The summed E-state index contributed by atoms with van der Waals surface area (Å²) in [6.45, 7) is 11.2. The number of H-pyrrole nitrogens is 1. The largest absolute Gasteiger partial charge is 0.464 e. The molecule has 0 bridgehead atoms. The Morgan fingerprint density at radius 2 is 1.77 bits per heavy atom. The van der Waals surface area contributed by atoms with Crippen molar-refractivity contribution in [2.45, 2.75) is 53.8 Å². The number of aromatic amines is 1. The summed E-state index contributed by atoms with van der Waals surface area (Å²) in [6.07, 6.45) is 0. The van der Waals surface area contributed by atoms with Crippen LogP contribution in [0.3, 0.4) is 0 Å². The van der Waals surface area contributed by atoms with Gasteiger partial charge in [0.25, 0.3) is 10.9 Å². The Labute approximate surface area is 208 Å². The van der Waals surface area contributed by atoms with E-state index in [1.807, 2.05) is 44.2 Å². The molecule has 3 N–H and O–H groups in total. The minimum Gasteiger partial charge on any atom is -0.464 e. The highest BCUT2D eigenvalue weighted by molar-refractivity contribution is 6.31. The molecule has 182 valence electrons. The fourth-order valence-electron chi connectivity index (χ4n) is 4.55. The number of nitrogens with one attached hydrogen (secondary N) is 3. The monoisotopic (exact) mass is 493 g/mol. The molecule has 8 nitrogen and oxygen atoms in total. The average Bonchev–Trinajstić information content (AvgIpc) is 3.53. The zero-order chi connectivity index (χ0) is 25.1. The molecule has 0 spiro atoms. The molecular weight excluding hydrogens is 466 g/mol. The second kappa shape index (κ2) is 8.30. The Hall–Kier alpha value is -3.52. The van der Waals surface area contributed by atoms with Gasteiger partial charge in [0.05, 0.1) is 6.04 Å². The van der Waals surface area contributed by atoms with E-state index < -0.39 is 10.9 Å². The van der Waals surface area contributed by atoms with Gasteiger partial charge >= 0.3 is 0 Å². The first-order chi connectivity index (χ1) is 16.5. The van der Waals surface area contributed by atoms with Crippen LogP contribution in [0.4, 0.5) is 22.9 Å². The molecule has 0 saturated carbocycles. The van der Waals surface area contributed by atoms with Crippen LogP contribution in [-0.2, 0) is 13.1 Å². The van der Waals surface area contributed by atoms with Crippen LogP contribution in [0, 0.1) is 19.3 Å². The Kier molecular flexibility index (Phi) is 5.51. The molecule has 0 saturated heterocycles. The number of hydrogen-bond donors (Lipinski definition) is 3. The minimum absolute atomic E-state index is 0.256. The molecule has 0 radical (unpaired) electrons. The van der Waals surface area contributed by atoms with E-state index in [9.17, 15) is 9.59 Å². The van der Waals surface area contributed by atoms with Gasteiger partial charge in [0.1, 0.15) is 22.9 Å². The van der Waals surface area contributed by atoms with Crippen molar-refractivity contribution < 1.29 is 4.42 Å². The first-order valence-electron chi connectivity index (χ1n) is 11.5. The molecule has 1 aliphatic rings. The zero-order valence-corrected chi connectivity index (χ0v) is 21.1. The van der Waals surface area contributed by atoms with Gasteiger partial charge in [-0.1, -0.05) is 32.4 Å². The first kappa shape index (κ1) is 23.2. The van der Waals surface area contributed by atoms with Crippen LogP contribution in [0.15, 0.2) is 44.3 Å². The SMILES string of the molecule is Cc1cc(N2Cc3c(Cl)ccc(Nc4c(N[C@@H](c5ccc(C)o5)C(C)(C)C)c(=O)c4=O)c3C2)n[nH]1. The lowest BCUT2D eigenvalue weighted by Gasteiger charge is -2.31. The van der Waals surface area contributed by atoms with Crippen molar-refractivity contribution in [1.29, 1.82) is 0 Å². The molecule has 5 rings (SSSR count). The molecule has 9 heteroatoms. The van der Waals surface area contributed by atoms with Crippen LogP contribution in [0.2, 0.25) is 5.02 Å². The van der Waals surface area contributed by atoms with Crippen molar-refractivity contribution in [2.24, 2.45) is 5.41 Å². The highest BCUT2D eigenvalue weighted by Crippen LogP contribution is 2.40. The van der Waals surface area contributed by atoms with Gasteiger partial charge in [-0.15, -0.1) is 0 Å². The van der Waals surface area contributed by atoms with E-state index in [1.165, 1.54) is 0 Å². The molecule has 0 unspecified atom stereocenters. The van der Waals surface area contributed by atoms with Gasteiger partial charge in [-0.3, -0.25) is 14.7 Å². The van der Waals surface area contributed by atoms with Crippen molar-refractivity contribution in [2.75, 3.05) is 15.5 Å². The highest BCUT2D eigenvalue weighted by Gasteiger charge is 2.34. The number of aryl methyl sites for hydroxylation is 2. The van der Waals surface area contributed by atoms with E-state index in [0.29, 0.717) is 23.9 Å². The smallest absolute Gasteiger partial charge is 0.253 e. The number of hydrogen-bond acceptors (Lipinski definition) is 7. The molecule has 0 aliphatic carbocycles. The Morgan fingerprint density at radius 1 is 1.06 bits per heavy atom. The summed E-state index contributed by atoms with van der Waals surface area (Å²) in [6, 6.07) is 9.13. The van der Waals surface area contributed by atoms with Gasteiger partial charge in [0.2, 0.25) is 0 Å². The number of fused-ring (bicyclic) bond motifs is 1. The molecule has 1 atom stereocenters. The third-order valence-electron chi connectivity index (χ3n) is 6.46. The van der Waals surface area contributed by atoms with Crippen LogP contribution < -0.4 is 26.4 Å². The number of nitrogens with zero attached hydrogens (tertiary/aromatic N) is 2. The van der Waals surface area contributed by atoms with Gasteiger partial charge in [-0.25, -0.2) is 0 Å². The summed E-state index contributed by atoms with van der Waals surface area (Å²) < 4.78 is 5.86. The van der Waals surface area contributed by atoms with E-state index in [1.54, 1.807) is 0 Å². The van der Waals surface area contributed by atoms with E-state index in [4.69, 9.17) is 16.0 Å². The van der Waals surface area contributed by atoms with Crippen LogP contribution in [0.1, 0.15) is 55.2 Å². The molecule has 1 aliphatic heterocycles.